The van der Waals surface area contributed by atoms with Gasteiger partial charge in [0, 0.05) is 12.1 Å². The number of nitrogens with one attached hydrogen (secondary N) is 1. The van der Waals surface area contributed by atoms with Crippen LogP contribution in [0, 0.1) is 18.3 Å². The minimum absolute atomic E-state index is 0.0902. The van der Waals surface area contributed by atoms with Gasteiger partial charge in [0.15, 0.2) is 0 Å². The van der Waals surface area contributed by atoms with Crippen molar-refractivity contribution in [1.29, 1.82) is 5.26 Å². The van der Waals surface area contributed by atoms with E-state index >= 15 is 0 Å². The monoisotopic (exact) mass is 443 g/mol. The fourth-order valence-corrected chi connectivity index (χ4v) is 3.98. The molecule has 0 saturated carbocycles. The molecule has 164 valence electrons. The zero-order valence-corrected chi connectivity index (χ0v) is 17.8. The summed E-state index contributed by atoms with van der Waals surface area (Å²) in [4.78, 5) is 12.9. The molecular weight excluding hydrogens is 424 g/mol. The standard InChI is InChI=1S/C23H18N6O4/c1-13-18-19(20-23(30)33-27-28(20)15-8-10-16(31-2)11-9-15)17(12-24)21(25)32-22(18)29(26-13)14-6-4-3-5-7-14/h3-11,19H,25H2,1-2H3/p+1. The van der Waals surface area contributed by atoms with Crippen molar-refractivity contribution in [2.24, 2.45) is 5.73 Å². The summed E-state index contributed by atoms with van der Waals surface area (Å²) in [6.07, 6.45) is 0. The maximum atomic E-state index is 12.9. The van der Waals surface area contributed by atoms with E-state index in [4.69, 9.17) is 19.7 Å². The van der Waals surface area contributed by atoms with Gasteiger partial charge >= 0.3 is 11.3 Å². The maximum absolute atomic E-state index is 12.9. The van der Waals surface area contributed by atoms with Crippen molar-refractivity contribution in [2.45, 2.75) is 12.8 Å². The Morgan fingerprint density at radius 1 is 1.21 bits per heavy atom. The Balaban J connectivity index is 1.75. The molecule has 3 heterocycles. The van der Waals surface area contributed by atoms with Crippen molar-refractivity contribution < 1.29 is 18.7 Å². The Kier molecular flexibility index (Phi) is 4.71. The van der Waals surface area contributed by atoms with Crippen molar-refractivity contribution in [3.05, 3.63) is 93.4 Å². The van der Waals surface area contributed by atoms with Crippen molar-refractivity contribution in [3.8, 4) is 29.1 Å². The molecule has 0 radical (unpaired) electrons. The zero-order chi connectivity index (χ0) is 23.1. The van der Waals surface area contributed by atoms with Gasteiger partial charge in [0.1, 0.15) is 23.3 Å². The molecule has 5 rings (SSSR count). The van der Waals surface area contributed by atoms with Crippen LogP contribution in [-0.4, -0.2) is 22.2 Å². The number of allylic oxidation sites excluding steroid dienone is 1. The molecule has 0 amide bonds. The van der Waals surface area contributed by atoms with E-state index in [9.17, 15) is 10.1 Å². The van der Waals surface area contributed by atoms with Gasteiger partial charge in [-0.15, -0.1) is 0 Å². The van der Waals surface area contributed by atoms with Gasteiger partial charge in [0.2, 0.25) is 17.5 Å². The molecule has 3 N–H and O–H groups in total. The number of ether oxygens (including phenoxy) is 2. The average molecular weight is 443 g/mol. The summed E-state index contributed by atoms with van der Waals surface area (Å²) < 4.78 is 19.3. The molecule has 1 unspecified atom stereocenters. The third-order valence-electron chi connectivity index (χ3n) is 5.52. The first kappa shape index (κ1) is 20.1. The number of hydrogen-bond donors (Lipinski definition) is 2. The van der Waals surface area contributed by atoms with Crippen LogP contribution in [0.5, 0.6) is 11.6 Å². The molecule has 1 atom stereocenters. The molecule has 1 aliphatic rings. The molecule has 1 aliphatic heterocycles. The largest absolute Gasteiger partial charge is 0.497 e. The summed E-state index contributed by atoms with van der Waals surface area (Å²) in [6.45, 7) is 1.79. The van der Waals surface area contributed by atoms with Crippen LogP contribution in [0.3, 0.4) is 0 Å². The fourth-order valence-electron chi connectivity index (χ4n) is 3.98. The number of H-pyrrole nitrogens is 1. The Bertz CT molecular complexity index is 1470. The lowest BCUT2D eigenvalue weighted by atomic mass is 9.87. The summed E-state index contributed by atoms with van der Waals surface area (Å²) >= 11 is 0. The normalized spacial score (nSPS) is 15.0. The third kappa shape index (κ3) is 3.14. The van der Waals surface area contributed by atoms with E-state index in [0.29, 0.717) is 28.6 Å². The predicted octanol–water partition coefficient (Wildman–Crippen LogP) is 1.97. The second-order valence-electron chi connectivity index (χ2n) is 7.38. The molecular formula is C23H19N6O4+. The van der Waals surface area contributed by atoms with Crippen molar-refractivity contribution in [3.63, 3.8) is 0 Å². The second-order valence-corrected chi connectivity index (χ2v) is 7.38. The Morgan fingerprint density at radius 3 is 2.61 bits per heavy atom. The van der Waals surface area contributed by atoms with E-state index in [-0.39, 0.29) is 17.2 Å². The number of nitrogens with two attached hydrogens (primary N) is 1. The highest BCUT2D eigenvalue weighted by molar-refractivity contribution is 5.55. The van der Waals surface area contributed by atoms with Crippen molar-refractivity contribution in [2.75, 3.05) is 7.11 Å². The van der Waals surface area contributed by atoms with Gasteiger partial charge in [-0.3, -0.25) is 4.52 Å². The smallest absolute Gasteiger partial charge is 0.431 e. The number of aromatic nitrogens is 4. The van der Waals surface area contributed by atoms with Gasteiger partial charge in [-0.1, -0.05) is 18.2 Å². The molecule has 4 aromatic rings. The summed E-state index contributed by atoms with van der Waals surface area (Å²) in [5, 5.41) is 17.2. The topological polar surface area (TPSA) is 136 Å². The molecule has 0 fully saturated rings. The lowest BCUT2D eigenvalue weighted by Crippen LogP contribution is -2.41. The van der Waals surface area contributed by atoms with E-state index in [2.05, 4.69) is 16.4 Å². The van der Waals surface area contributed by atoms with Crippen LogP contribution in [0.2, 0.25) is 0 Å². The average Bonchev–Trinajstić information content (AvgIpc) is 3.38. The van der Waals surface area contributed by atoms with E-state index in [1.807, 2.05) is 30.3 Å². The molecule has 0 spiro atoms. The molecule has 0 bridgehead atoms. The zero-order valence-electron chi connectivity index (χ0n) is 17.8. The van der Waals surface area contributed by atoms with Crippen molar-refractivity contribution >= 4 is 0 Å². The lowest BCUT2D eigenvalue weighted by molar-refractivity contribution is -0.677. The van der Waals surface area contributed by atoms with Crippen molar-refractivity contribution in [1.82, 2.24) is 15.1 Å². The highest BCUT2D eigenvalue weighted by Gasteiger charge is 2.45. The summed E-state index contributed by atoms with van der Waals surface area (Å²) in [6, 6.07) is 18.5. The van der Waals surface area contributed by atoms with E-state index < -0.39 is 11.5 Å². The van der Waals surface area contributed by atoms with Crippen LogP contribution in [0.4, 0.5) is 0 Å². The minimum Gasteiger partial charge on any atom is -0.497 e. The van der Waals surface area contributed by atoms with E-state index in [1.165, 1.54) is 4.68 Å². The first-order chi connectivity index (χ1) is 16.0. The number of rotatable bonds is 4. The third-order valence-corrected chi connectivity index (χ3v) is 5.52. The predicted molar refractivity (Wildman–Crippen MR) is 115 cm³/mol. The number of hydrogen-bond acceptors (Lipinski definition) is 7. The highest BCUT2D eigenvalue weighted by Crippen LogP contribution is 2.43. The summed E-state index contributed by atoms with van der Waals surface area (Å²) in [7, 11) is 1.57. The first-order valence-corrected chi connectivity index (χ1v) is 10.0. The number of benzene rings is 2. The molecule has 2 aromatic heterocycles. The Morgan fingerprint density at radius 2 is 1.94 bits per heavy atom. The number of aromatic amines is 1. The van der Waals surface area contributed by atoms with E-state index in [0.717, 1.165) is 5.69 Å². The summed E-state index contributed by atoms with van der Waals surface area (Å²) in [5.41, 5.74) is 8.27. The number of methoxy groups -OCH3 is 1. The first-order valence-electron chi connectivity index (χ1n) is 10.0. The quantitative estimate of drug-likeness (QED) is 0.460. The van der Waals surface area contributed by atoms with Crippen LogP contribution in [0.15, 0.2) is 75.4 Å². The van der Waals surface area contributed by atoms with Gasteiger partial charge in [0.05, 0.1) is 24.1 Å². The van der Waals surface area contributed by atoms with Gasteiger partial charge in [-0.25, -0.2) is 9.48 Å². The maximum Gasteiger partial charge on any atom is 0.431 e. The molecule has 2 aromatic carbocycles. The Hall–Kier alpha value is -4.78. The van der Waals surface area contributed by atoms with Crippen LogP contribution < -0.4 is 25.5 Å². The molecule has 0 saturated heterocycles. The van der Waals surface area contributed by atoms with Crippen LogP contribution in [-0.2, 0) is 0 Å². The Labute approximate surface area is 187 Å². The SMILES string of the molecule is COc1ccc(-[n+]2[nH]oc(=O)c2C2C(C#N)=C(N)Oc3c2c(C)nn3-c2ccccc2)cc1. The van der Waals surface area contributed by atoms with Crippen LogP contribution in [0.25, 0.3) is 11.4 Å². The van der Waals surface area contributed by atoms with Crippen LogP contribution >= 0.6 is 0 Å². The number of fused-ring (bicyclic) bond motifs is 1. The second kappa shape index (κ2) is 7.72. The number of nitriles is 1. The number of aryl methyl sites for hydroxylation is 1. The van der Waals surface area contributed by atoms with Gasteiger partial charge in [-0.05, 0) is 41.1 Å². The molecule has 33 heavy (non-hydrogen) atoms. The molecule has 0 aliphatic carbocycles. The lowest BCUT2D eigenvalue weighted by Gasteiger charge is -2.21. The summed E-state index contributed by atoms with van der Waals surface area (Å²) in [5.74, 6) is 0.0267. The van der Waals surface area contributed by atoms with E-state index in [1.54, 1.807) is 43.0 Å². The minimum atomic E-state index is -0.860. The number of nitrogens with zero attached hydrogens (tertiary/aromatic N) is 4. The molecule has 10 nitrogen and oxygen atoms in total. The number of para-hydroxylation sites is 1. The van der Waals surface area contributed by atoms with Gasteiger partial charge in [0.25, 0.3) is 0 Å². The van der Waals surface area contributed by atoms with Gasteiger partial charge < -0.3 is 15.2 Å². The molecule has 10 heteroatoms. The van der Waals surface area contributed by atoms with Gasteiger partial charge in [-0.2, -0.15) is 10.4 Å². The highest BCUT2D eigenvalue weighted by atomic mass is 16.5. The van der Waals surface area contributed by atoms with Crippen LogP contribution in [0.1, 0.15) is 22.9 Å². The fraction of sp³-hybridized carbons (Fsp3) is 0.130.